The molecule has 100 valence electrons. The van der Waals surface area contributed by atoms with Gasteiger partial charge in [0.15, 0.2) is 0 Å². The van der Waals surface area contributed by atoms with Crippen molar-refractivity contribution < 1.29 is 0 Å². The van der Waals surface area contributed by atoms with Gasteiger partial charge in [-0.1, -0.05) is 60.7 Å². The molecule has 0 aliphatic rings. The van der Waals surface area contributed by atoms with Crippen molar-refractivity contribution in [2.75, 3.05) is 13.1 Å². The van der Waals surface area contributed by atoms with E-state index in [2.05, 4.69) is 48.5 Å². The third kappa shape index (κ3) is 2.86. The minimum atomic E-state index is -0.0635. The Hall–Kier alpha value is -1.64. The quantitative estimate of drug-likeness (QED) is 0.832. The summed E-state index contributed by atoms with van der Waals surface area (Å²) in [6, 6.07) is 21.1. The van der Waals surface area contributed by atoms with E-state index in [-0.39, 0.29) is 5.41 Å². The fourth-order valence-electron chi connectivity index (χ4n) is 2.88. The van der Waals surface area contributed by atoms with Crippen LogP contribution in [0, 0.1) is 0 Å². The van der Waals surface area contributed by atoms with Crippen LogP contribution in [0.15, 0.2) is 60.7 Å². The molecule has 0 saturated heterocycles. The Morgan fingerprint density at radius 3 is 1.32 bits per heavy atom. The van der Waals surface area contributed by atoms with Gasteiger partial charge in [-0.3, -0.25) is 0 Å². The summed E-state index contributed by atoms with van der Waals surface area (Å²) in [6.07, 6.45) is 1.83. The zero-order chi connectivity index (χ0) is 13.6. The second-order valence-electron chi connectivity index (χ2n) is 4.89. The van der Waals surface area contributed by atoms with Crippen molar-refractivity contribution in [1.29, 1.82) is 0 Å². The van der Waals surface area contributed by atoms with Gasteiger partial charge in [0.1, 0.15) is 0 Å². The van der Waals surface area contributed by atoms with Crippen LogP contribution in [-0.4, -0.2) is 13.1 Å². The predicted molar refractivity (Wildman–Crippen MR) is 81.0 cm³/mol. The molecule has 0 aliphatic carbocycles. The molecule has 0 heterocycles. The van der Waals surface area contributed by atoms with Gasteiger partial charge < -0.3 is 11.5 Å². The molecule has 0 unspecified atom stereocenters. The van der Waals surface area contributed by atoms with Gasteiger partial charge in [-0.25, -0.2) is 0 Å². The average molecular weight is 254 g/mol. The molecule has 0 amide bonds. The van der Waals surface area contributed by atoms with E-state index in [4.69, 9.17) is 11.5 Å². The largest absolute Gasteiger partial charge is 0.330 e. The molecule has 0 aromatic heterocycles. The van der Waals surface area contributed by atoms with Crippen molar-refractivity contribution in [3.05, 3.63) is 71.8 Å². The summed E-state index contributed by atoms with van der Waals surface area (Å²) < 4.78 is 0. The summed E-state index contributed by atoms with van der Waals surface area (Å²) in [6.45, 7) is 1.31. The van der Waals surface area contributed by atoms with Crippen molar-refractivity contribution >= 4 is 0 Å². The van der Waals surface area contributed by atoms with Crippen LogP contribution in [0.3, 0.4) is 0 Å². The van der Waals surface area contributed by atoms with Crippen LogP contribution in [0.1, 0.15) is 24.0 Å². The van der Waals surface area contributed by atoms with Gasteiger partial charge >= 0.3 is 0 Å². The van der Waals surface area contributed by atoms with Crippen molar-refractivity contribution in [3.8, 4) is 0 Å². The molecule has 19 heavy (non-hydrogen) atoms. The number of hydrogen-bond acceptors (Lipinski definition) is 2. The third-order valence-corrected chi connectivity index (χ3v) is 3.79. The van der Waals surface area contributed by atoms with Crippen LogP contribution in [0.5, 0.6) is 0 Å². The van der Waals surface area contributed by atoms with Gasteiger partial charge in [0, 0.05) is 5.41 Å². The Bertz CT molecular complexity index is 432. The van der Waals surface area contributed by atoms with Crippen LogP contribution in [0.2, 0.25) is 0 Å². The number of benzene rings is 2. The zero-order valence-corrected chi connectivity index (χ0v) is 11.3. The monoisotopic (exact) mass is 254 g/mol. The standard InChI is InChI=1S/C17H22N2/c18-13-11-17(12-14-19,15-7-3-1-4-8-15)16-9-5-2-6-10-16/h1-10H,11-14,18-19H2. The zero-order valence-electron chi connectivity index (χ0n) is 11.3. The number of nitrogens with two attached hydrogens (primary N) is 2. The normalized spacial score (nSPS) is 11.5. The lowest BCUT2D eigenvalue weighted by Gasteiger charge is -2.35. The maximum absolute atomic E-state index is 5.88. The van der Waals surface area contributed by atoms with Gasteiger partial charge in [0.05, 0.1) is 0 Å². The molecule has 2 heteroatoms. The van der Waals surface area contributed by atoms with Crippen LogP contribution in [-0.2, 0) is 5.41 Å². The van der Waals surface area contributed by atoms with Crippen LogP contribution in [0.4, 0.5) is 0 Å². The summed E-state index contributed by atoms with van der Waals surface area (Å²) in [7, 11) is 0. The Morgan fingerprint density at radius 1 is 0.632 bits per heavy atom. The van der Waals surface area contributed by atoms with E-state index >= 15 is 0 Å². The molecule has 2 aromatic rings. The highest BCUT2D eigenvalue weighted by Crippen LogP contribution is 2.38. The molecule has 0 fully saturated rings. The Balaban J connectivity index is 2.54. The van der Waals surface area contributed by atoms with Crippen LogP contribution in [0.25, 0.3) is 0 Å². The first-order valence-electron chi connectivity index (χ1n) is 6.84. The van der Waals surface area contributed by atoms with Crippen LogP contribution >= 0.6 is 0 Å². The van der Waals surface area contributed by atoms with E-state index in [1.54, 1.807) is 0 Å². The lowest BCUT2D eigenvalue weighted by Crippen LogP contribution is -2.33. The molecule has 4 N–H and O–H groups in total. The molecular formula is C17H22N2. The average Bonchev–Trinajstić information content (AvgIpc) is 2.49. The topological polar surface area (TPSA) is 52.0 Å². The van der Waals surface area contributed by atoms with E-state index in [0.717, 1.165) is 12.8 Å². The van der Waals surface area contributed by atoms with Gasteiger partial charge in [-0.2, -0.15) is 0 Å². The van der Waals surface area contributed by atoms with E-state index < -0.39 is 0 Å². The molecule has 0 aliphatic heterocycles. The number of hydrogen-bond donors (Lipinski definition) is 2. The molecule has 0 atom stereocenters. The number of rotatable bonds is 6. The van der Waals surface area contributed by atoms with E-state index in [9.17, 15) is 0 Å². The van der Waals surface area contributed by atoms with Crippen molar-refractivity contribution in [2.45, 2.75) is 18.3 Å². The minimum absolute atomic E-state index is 0.0635. The summed E-state index contributed by atoms with van der Waals surface area (Å²) in [5.74, 6) is 0. The maximum Gasteiger partial charge on any atom is 0.0226 e. The third-order valence-electron chi connectivity index (χ3n) is 3.79. The molecule has 0 bridgehead atoms. The lowest BCUT2D eigenvalue weighted by molar-refractivity contribution is 0.449. The molecule has 0 saturated carbocycles. The Labute approximate surface area is 115 Å². The molecule has 2 nitrogen and oxygen atoms in total. The summed E-state index contributed by atoms with van der Waals surface area (Å²) in [5.41, 5.74) is 14.3. The minimum Gasteiger partial charge on any atom is -0.330 e. The second-order valence-corrected chi connectivity index (χ2v) is 4.89. The lowest BCUT2D eigenvalue weighted by atomic mass is 9.70. The van der Waals surface area contributed by atoms with Crippen molar-refractivity contribution in [1.82, 2.24) is 0 Å². The smallest absolute Gasteiger partial charge is 0.0226 e. The molecular weight excluding hydrogens is 232 g/mol. The fraction of sp³-hybridized carbons (Fsp3) is 0.294. The highest BCUT2D eigenvalue weighted by molar-refractivity contribution is 5.39. The first-order chi connectivity index (χ1) is 9.33. The van der Waals surface area contributed by atoms with Gasteiger partial charge in [-0.15, -0.1) is 0 Å². The first kappa shape index (κ1) is 13.8. The highest BCUT2D eigenvalue weighted by Gasteiger charge is 2.32. The highest BCUT2D eigenvalue weighted by atomic mass is 14.6. The second kappa shape index (κ2) is 6.50. The van der Waals surface area contributed by atoms with E-state index in [0.29, 0.717) is 13.1 Å². The maximum atomic E-state index is 5.88. The predicted octanol–water partition coefficient (Wildman–Crippen LogP) is 2.67. The van der Waals surface area contributed by atoms with Gasteiger partial charge in [0.2, 0.25) is 0 Å². The SMILES string of the molecule is NCCC(CCN)(c1ccccc1)c1ccccc1. The molecule has 2 rings (SSSR count). The van der Waals surface area contributed by atoms with Gasteiger partial charge in [0.25, 0.3) is 0 Å². The Kier molecular flexibility index (Phi) is 4.72. The first-order valence-corrected chi connectivity index (χ1v) is 6.84. The summed E-state index contributed by atoms with van der Waals surface area (Å²) >= 11 is 0. The van der Waals surface area contributed by atoms with E-state index in [1.807, 2.05) is 12.1 Å². The molecule has 2 aromatic carbocycles. The Morgan fingerprint density at radius 2 is 1.00 bits per heavy atom. The fourth-order valence-corrected chi connectivity index (χ4v) is 2.88. The van der Waals surface area contributed by atoms with E-state index in [1.165, 1.54) is 11.1 Å². The van der Waals surface area contributed by atoms with Crippen molar-refractivity contribution in [2.24, 2.45) is 11.5 Å². The van der Waals surface area contributed by atoms with Crippen molar-refractivity contribution in [3.63, 3.8) is 0 Å². The summed E-state index contributed by atoms with van der Waals surface area (Å²) in [4.78, 5) is 0. The van der Waals surface area contributed by atoms with Crippen LogP contribution < -0.4 is 11.5 Å². The molecule has 0 spiro atoms. The summed E-state index contributed by atoms with van der Waals surface area (Å²) in [5, 5.41) is 0. The molecule has 0 radical (unpaired) electrons. The van der Waals surface area contributed by atoms with Gasteiger partial charge in [-0.05, 0) is 37.1 Å².